The Hall–Kier alpha value is -1.22. The van der Waals surface area contributed by atoms with Crippen LogP contribution in [0.25, 0.3) is 0 Å². The summed E-state index contributed by atoms with van der Waals surface area (Å²) in [7, 11) is 0. The predicted octanol–water partition coefficient (Wildman–Crippen LogP) is 2.94. The van der Waals surface area contributed by atoms with Gasteiger partial charge in [-0.15, -0.1) is 0 Å². The number of benzene rings is 1. The second-order valence-corrected chi connectivity index (χ2v) is 3.46. The number of rotatable bonds is 2. The first kappa shape index (κ1) is 10.9. The normalized spacial score (nSPS) is 11.8. The fraction of sp³-hybridized carbons (Fsp3) is 0.300. The van der Waals surface area contributed by atoms with Crippen LogP contribution in [0, 0.1) is 6.92 Å². The summed E-state index contributed by atoms with van der Waals surface area (Å²) in [4.78, 5) is 0. The molecule has 3 nitrogen and oxygen atoms in total. The Labute approximate surface area is 87.6 Å². The molecule has 0 fully saturated rings. The van der Waals surface area contributed by atoms with Gasteiger partial charge in [0.15, 0.2) is 0 Å². The molecule has 0 radical (unpaired) electrons. The lowest BCUT2D eigenvalue weighted by atomic mass is 10.0. The van der Waals surface area contributed by atoms with Crippen LogP contribution in [0.15, 0.2) is 17.3 Å². The third-order valence-electron chi connectivity index (χ3n) is 2.03. The largest absolute Gasteiger partial charge is 0.507 e. The number of nitrogens with zero attached hydrogens (tertiary/aromatic N) is 1. The number of phenols is 1. The van der Waals surface area contributed by atoms with Crippen molar-refractivity contribution in [1.82, 2.24) is 0 Å². The second kappa shape index (κ2) is 4.33. The van der Waals surface area contributed by atoms with E-state index in [1.165, 1.54) is 0 Å². The minimum absolute atomic E-state index is 0.115. The van der Waals surface area contributed by atoms with Crippen LogP contribution in [0.5, 0.6) is 5.75 Å². The molecule has 0 amide bonds. The van der Waals surface area contributed by atoms with Gasteiger partial charge in [0.2, 0.25) is 0 Å². The molecule has 0 spiro atoms. The van der Waals surface area contributed by atoms with Crippen LogP contribution in [-0.2, 0) is 0 Å². The highest BCUT2D eigenvalue weighted by Crippen LogP contribution is 2.27. The van der Waals surface area contributed by atoms with E-state index in [9.17, 15) is 5.11 Å². The van der Waals surface area contributed by atoms with Crippen molar-refractivity contribution in [3.63, 3.8) is 0 Å². The van der Waals surface area contributed by atoms with Gasteiger partial charge in [0.25, 0.3) is 0 Å². The highest BCUT2D eigenvalue weighted by Gasteiger charge is 2.11. The Kier molecular flexibility index (Phi) is 3.36. The van der Waals surface area contributed by atoms with Gasteiger partial charge in [-0.25, -0.2) is 0 Å². The van der Waals surface area contributed by atoms with Crippen LogP contribution in [0.1, 0.15) is 24.5 Å². The molecule has 0 saturated carbocycles. The quantitative estimate of drug-likeness (QED) is 0.451. The zero-order valence-corrected chi connectivity index (χ0v) is 8.84. The molecule has 0 atom stereocenters. The molecule has 0 aliphatic carbocycles. The van der Waals surface area contributed by atoms with Gasteiger partial charge in [-0.1, -0.05) is 23.7 Å². The highest BCUT2D eigenvalue weighted by molar-refractivity contribution is 6.31. The van der Waals surface area contributed by atoms with E-state index in [4.69, 9.17) is 16.8 Å². The fourth-order valence-corrected chi connectivity index (χ4v) is 1.54. The number of oxime groups is 1. The van der Waals surface area contributed by atoms with E-state index in [0.717, 1.165) is 0 Å². The van der Waals surface area contributed by atoms with Crippen molar-refractivity contribution in [2.24, 2.45) is 5.16 Å². The van der Waals surface area contributed by atoms with Gasteiger partial charge in [-0.05, 0) is 31.0 Å². The molecule has 0 bridgehead atoms. The molecular weight excluding hydrogens is 202 g/mol. The molecule has 0 heterocycles. The predicted molar refractivity (Wildman–Crippen MR) is 56.5 cm³/mol. The molecule has 0 aromatic heterocycles. The molecule has 1 rings (SSSR count). The summed E-state index contributed by atoms with van der Waals surface area (Å²) in [5, 5.41) is 22.1. The van der Waals surface area contributed by atoms with Crippen LogP contribution in [0.3, 0.4) is 0 Å². The first-order chi connectivity index (χ1) is 6.60. The standard InChI is InChI=1S/C10H12ClNO2/c1-3-9(12-14)8-5-7(11)4-6(2)10(8)13/h4-5,13-14H,3H2,1-2H3/b12-9+. The van der Waals surface area contributed by atoms with Gasteiger partial charge >= 0.3 is 0 Å². The van der Waals surface area contributed by atoms with Crippen LogP contribution in [0.4, 0.5) is 0 Å². The summed E-state index contributed by atoms with van der Waals surface area (Å²) in [6.07, 6.45) is 0.532. The van der Waals surface area contributed by atoms with Gasteiger partial charge in [-0.3, -0.25) is 0 Å². The van der Waals surface area contributed by atoms with Crippen molar-refractivity contribution in [1.29, 1.82) is 0 Å². The van der Waals surface area contributed by atoms with E-state index in [2.05, 4.69) is 5.16 Å². The molecular formula is C10H12ClNO2. The van der Waals surface area contributed by atoms with Crippen molar-refractivity contribution >= 4 is 17.3 Å². The van der Waals surface area contributed by atoms with Crippen LogP contribution >= 0.6 is 11.6 Å². The van der Waals surface area contributed by atoms with E-state index in [0.29, 0.717) is 28.3 Å². The Balaban J connectivity index is 3.33. The molecule has 0 unspecified atom stereocenters. The van der Waals surface area contributed by atoms with Gasteiger partial charge in [0, 0.05) is 10.6 Å². The van der Waals surface area contributed by atoms with E-state index < -0.39 is 0 Å². The van der Waals surface area contributed by atoms with Crippen LogP contribution in [0.2, 0.25) is 5.02 Å². The first-order valence-electron chi connectivity index (χ1n) is 4.30. The number of hydrogen-bond donors (Lipinski definition) is 2. The third-order valence-corrected chi connectivity index (χ3v) is 2.25. The maximum atomic E-state index is 9.70. The van der Waals surface area contributed by atoms with Gasteiger partial charge in [0.1, 0.15) is 5.75 Å². The molecule has 0 saturated heterocycles. The van der Waals surface area contributed by atoms with E-state index in [-0.39, 0.29) is 5.75 Å². The molecule has 0 aliphatic heterocycles. The van der Waals surface area contributed by atoms with Gasteiger partial charge in [0.05, 0.1) is 5.71 Å². The lowest BCUT2D eigenvalue weighted by Crippen LogP contribution is -2.00. The molecule has 0 aliphatic rings. The minimum atomic E-state index is 0.115. The first-order valence-corrected chi connectivity index (χ1v) is 4.68. The summed E-state index contributed by atoms with van der Waals surface area (Å²) in [5.74, 6) is 0.115. The Morgan fingerprint density at radius 2 is 2.14 bits per heavy atom. The number of aryl methyl sites for hydroxylation is 1. The average molecular weight is 214 g/mol. The van der Waals surface area contributed by atoms with Crippen molar-refractivity contribution in [2.75, 3.05) is 0 Å². The smallest absolute Gasteiger partial charge is 0.127 e. The summed E-state index contributed by atoms with van der Waals surface area (Å²) in [6, 6.07) is 3.24. The van der Waals surface area contributed by atoms with Gasteiger partial charge < -0.3 is 10.3 Å². The Morgan fingerprint density at radius 1 is 1.50 bits per heavy atom. The molecule has 2 N–H and O–H groups in total. The van der Waals surface area contributed by atoms with Crippen molar-refractivity contribution < 1.29 is 10.3 Å². The lowest BCUT2D eigenvalue weighted by Gasteiger charge is -2.07. The number of hydrogen-bond acceptors (Lipinski definition) is 3. The van der Waals surface area contributed by atoms with E-state index in [1.54, 1.807) is 19.1 Å². The van der Waals surface area contributed by atoms with Crippen molar-refractivity contribution in [2.45, 2.75) is 20.3 Å². The molecule has 76 valence electrons. The highest BCUT2D eigenvalue weighted by atomic mass is 35.5. The summed E-state index contributed by atoms with van der Waals surface area (Å²) in [6.45, 7) is 3.58. The SMILES string of the molecule is CC/C(=N\O)c1cc(Cl)cc(C)c1O. The second-order valence-electron chi connectivity index (χ2n) is 3.02. The van der Waals surface area contributed by atoms with E-state index >= 15 is 0 Å². The minimum Gasteiger partial charge on any atom is -0.507 e. The maximum absolute atomic E-state index is 9.70. The third kappa shape index (κ3) is 1.99. The molecule has 14 heavy (non-hydrogen) atoms. The van der Waals surface area contributed by atoms with Crippen LogP contribution in [-0.4, -0.2) is 16.0 Å². The number of phenolic OH excluding ortho intramolecular Hbond substituents is 1. The Bertz CT molecular complexity index is 375. The molecule has 1 aromatic rings. The molecule has 1 aromatic carbocycles. The Morgan fingerprint density at radius 3 is 2.64 bits per heavy atom. The van der Waals surface area contributed by atoms with Crippen molar-refractivity contribution in [3.05, 3.63) is 28.3 Å². The zero-order chi connectivity index (χ0) is 10.7. The fourth-order valence-electron chi connectivity index (χ4n) is 1.27. The number of aromatic hydroxyl groups is 1. The van der Waals surface area contributed by atoms with Crippen LogP contribution < -0.4 is 0 Å². The van der Waals surface area contributed by atoms with Gasteiger partial charge in [-0.2, -0.15) is 0 Å². The summed E-state index contributed by atoms with van der Waals surface area (Å²) in [5.41, 5.74) is 1.58. The lowest BCUT2D eigenvalue weighted by molar-refractivity contribution is 0.318. The van der Waals surface area contributed by atoms with E-state index in [1.807, 2.05) is 6.92 Å². The summed E-state index contributed by atoms with van der Waals surface area (Å²) >= 11 is 5.83. The molecule has 4 heteroatoms. The zero-order valence-electron chi connectivity index (χ0n) is 8.08. The average Bonchev–Trinajstić information content (AvgIpc) is 2.15. The topological polar surface area (TPSA) is 52.8 Å². The van der Waals surface area contributed by atoms with Crippen molar-refractivity contribution in [3.8, 4) is 5.75 Å². The maximum Gasteiger partial charge on any atom is 0.127 e. The number of halogens is 1. The summed E-state index contributed by atoms with van der Waals surface area (Å²) < 4.78 is 0. The monoisotopic (exact) mass is 213 g/mol.